The largest absolute Gasteiger partial charge is 0.494 e. The Bertz CT molecular complexity index is 643. The summed E-state index contributed by atoms with van der Waals surface area (Å²) in [6.45, 7) is 4.57. The number of aromatic nitrogens is 1. The van der Waals surface area contributed by atoms with E-state index in [2.05, 4.69) is 9.72 Å². The molecule has 0 fully saturated rings. The van der Waals surface area contributed by atoms with Crippen LogP contribution in [0.25, 0.3) is 10.9 Å². The van der Waals surface area contributed by atoms with Crippen LogP contribution in [0.2, 0.25) is 0 Å². The number of rotatable bonds is 6. The predicted octanol–water partition coefficient (Wildman–Crippen LogP) is 3.60. The lowest BCUT2D eigenvalue weighted by Crippen LogP contribution is -2.01. The first kappa shape index (κ1) is 15.6. The zero-order chi connectivity index (χ0) is 15.2. The Hall–Kier alpha value is -1.75. The summed E-state index contributed by atoms with van der Waals surface area (Å²) in [4.78, 5) is 16.9. The zero-order valence-corrected chi connectivity index (χ0v) is 13.3. The lowest BCUT2D eigenvalue weighted by molar-refractivity contribution is -0.140. The summed E-state index contributed by atoms with van der Waals surface area (Å²) in [5.74, 6) is 1.34. The number of fused-ring (bicyclic) bond motifs is 1. The van der Waals surface area contributed by atoms with Crippen molar-refractivity contribution in [2.24, 2.45) is 0 Å². The van der Waals surface area contributed by atoms with Crippen LogP contribution in [0.4, 0.5) is 0 Å². The van der Waals surface area contributed by atoms with E-state index in [1.54, 1.807) is 11.8 Å². The zero-order valence-electron chi connectivity index (χ0n) is 12.5. The van der Waals surface area contributed by atoms with Gasteiger partial charge in [0.2, 0.25) is 0 Å². The number of pyridine rings is 1. The molecule has 4 nitrogen and oxygen atoms in total. The first-order valence-electron chi connectivity index (χ1n) is 6.88. The highest BCUT2D eigenvalue weighted by Gasteiger charge is 2.08. The summed E-state index contributed by atoms with van der Waals surface area (Å²) >= 11 is 1.64. The summed E-state index contributed by atoms with van der Waals surface area (Å²) in [7, 11) is 1.41. The van der Waals surface area contributed by atoms with Crippen molar-refractivity contribution in [2.75, 3.05) is 19.5 Å². The molecule has 0 radical (unpaired) electrons. The van der Waals surface area contributed by atoms with Gasteiger partial charge in [-0.15, -0.1) is 11.8 Å². The van der Waals surface area contributed by atoms with Gasteiger partial charge in [-0.05, 0) is 38.1 Å². The molecular formula is C16H19NO3S. The third kappa shape index (κ3) is 4.11. The van der Waals surface area contributed by atoms with Crippen LogP contribution in [-0.4, -0.2) is 30.4 Å². The molecule has 1 aromatic carbocycles. The summed E-state index contributed by atoms with van der Waals surface area (Å²) in [6, 6.07) is 7.95. The van der Waals surface area contributed by atoms with E-state index in [0.717, 1.165) is 27.2 Å². The van der Waals surface area contributed by atoms with Crippen molar-refractivity contribution in [3.05, 3.63) is 30.0 Å². The molecule has 21 heavy (non-hydrogen) atoms. The molecule has 2 rings (SSSR count). The third-order valence-electron chi connectivity index (χ3n) is 2.97. The SMILES string of the molecule is CCOc1ccc2nc(C)cc(SCCC(=O)OC)c2c1. The van der Waals surface area contributed by atoms with Crippen molar-refractivity contribution in [1.82, 2.24) is 4.98 Å². The van der Waals surface area contributed by atoms with Crippen molar-refractivity contribution in [3.8, 4) is 5.75 Å². The van der Waals surface area contributed by atoms with Crippen LogP contribution in [0.15, 0.2) is 29.2 Å². The highest BCUT2D eigenvalue weighted by molar-refractivity contribution is 7.99. The van der Waals surface area contributed by atoms with Crippen LogP contribution in [0.5, 0.6) is 5.75 Å². The Morgan fingerprint density at radius 1 is 1.33 bits per heavy atom. The summed E-state index contributed by atoms with van der Waals surface area (Å²) in [6.07, 6.45) is 0.398. The van der Waals surface area contributed by atoms with Gasteiger partial charge in [0, 0.05) is 21.7 Å². The van der Waals surface area contributed by atoms with Crippen molar-refractivity contribution < 1.29 is 14.3 Å². The van der Waals surface area contributed by atoms with Gasteiger partial charge in [-0.2, -0.15) is 0 Å². The van der Waals surface area contributed by atoms with Gasteiger partial charge in [-0.1, -0.05) is 0 Å². The molecule has 2 aromatic rings. The average molecular weight is 305 g/mol. The first-order chi connectivity index (χ1) is 10.1. The fourth-order valence-electron chi connectivity index (χ4n) is 2.02. The fraction of sp³-hybridized carbons (Fsp3) is 0.375. The minimum atomic E-state index is -0.187. The van der Waals surface area contributed by atoms with E-state index in [0.29, 0.717) is 18.8 Å². The van der Waals surface area contributed by atoms with Crippen molar-refractivity contribution in [3.63, 3.8) is 0 Å². The molecule has 112 valence electrons. The number of aryl methyl sites for hydroxylation is 1. The predicted molar refractivity (Wildman–Crippen MR) is 85.0 cm³/mol. The summed E-state index contributed by atoms with van der Waals surface area (Å²) in [5, 5.41) is 1.06. The normalized spacial score (nSPS) is 10.6. The molecule has 0 bridgehead atoms. The van der Waals surface area contributed by atoms with Crippen molar-refractivity contribution in [2.45, 2.75) is 25.2 Å². The van der Waals surface area contributed by atoms with E-state index in [-0.39, 0.29) is 5.97 Å². The standard InChI is InChI=1S/C16H19NO3S/c1-4-20-12-5-6-14-13(10-12)15(9-11(2)17-14)21-8-7-16(18)19-3/h5-6,9-10H,4,7-8H2,1-3H3. The van der Waals surface area contributed by atoms with E-state index in [9.17, 15) is 4.79 Å². The Morgan fingerprint density at radius 2 is 2.14 bits per heavy atom. The molecule has 0 atom stereocenters. The monoisotopic (exact) mass is 305 g/mol. The number of thioether (sulfide) groups is 1. The van der Waals surface area contributed by atoms with Crippen LogP contribution in [0, 0.1) is 6.92 Å². The molecule has 0 aliphatic rings. The Balaban J connectivity index is 2.27. The van der Waals surface area contributed by atoms with E-state index < -0.39 is 0 Å². The first-order valence-corrected chi connectivity index (χ1v) is 7.86. The van der Waals surface area contributed by atoms with Gasteiger partial charge >= 0.3 is 5.97 Å². The Kier molecular flexibility index (Phi) is 5.44. The second-order valence-corrected chi connectivity index (χ2v) is 5.69. The van der Waals surface area contributed by atoms with Crippen molar-refractivity contribution in [1.29, 1.82) is 0 Å². The highest BCUT2D eigenvalue weighted by Crippen LogP contribution is 2.31. The van der Waals surface area contributed by atoms with Crippen LogP contribution < -0.4 is 4.74 Å². The van der Waals surface area contributed by atoms with Crippen LogP contribution in [-0.2, 0) is 9.53 Å². The number of benzene rings is 1. The smallest absolute Gasteiger partial charge is 0.306 e. The van der Waals surface area contributed by atoms with E-state index in [4.69, 9.17) is 4.74 Å². The van der Waals surface area contributed by atoms with Crippen LogP contribution >= 0.6 is 11.8 Å². The van der Waals surface area contributed by atoms with Gasteiger partial charge in [-0.25, -0.2) is 0 Å². The molecule has 0 aliphatic carbocycles. The molecule has 0 spiro atoms. The second kappa shape index (κ2) is 7.31. The van der Waals surface area contributed by atoms with Gasteiger partial charge in [0.25, 0.3) is 0 Å². The third-order valence-corrected chi connectivity index (χ3v) is 4.03. The maximum absolute atomic E-state index is 11.2. The number of ether oxygens (including phenoxy) is 2. The molecule has 0 unspecified atom stereocenters. The van der Waals surface area contributed by atoms with E-state index in [1.165, 1.54) is 7.11 Å². The Labute approximate surface area is 128 Å². The summed E-state index contributed by atoms with van der Waals surface area (Å²) in [5.41, 5.74) is 1.91. The van der Waals surface area contributed by atoms with Gasteiger partial charge < -0.3 is 9.47 Å². The fourth-order valence-corrected chi connectivity index (χ4v) is 3.08. The lowest BCUT2D eigenvalue weighted by Gasteiger charge is -2.09. The minimum Gasteiger partial charge on any atom is -0.494 e. The molecule has 1 heterocycles. The molecule has 1 aromatic heterocycles. The van der Waals surface area contributed by atoms with E-state index in [1.807, 2.05) is 38.1 Å². The van der Waals surface area contributed by atoms with Crippen LogP contribution in [0.3, 0.4) is 0 Å². The quantitative estimate of drug-likeness (QED) is 0.603. The number of carbonyl (C=O) groups excluding carboxylic acids is 1. The maximum atomic E-state index is 11.2. The number of hydrogen-bond acceptors (Lipinski definition) is 5. The molecular weight excluding hydrogens is 286 g/mol. The second-order valence-electron chi connectivity index (χ2n) is 4.55. The van der Waals surface area contributed by atoms with E-state index >= 15 is 0 Å². The van der Waals surface area contributed by atoms with Crippen molar-refractivity contribution >= 4 is 28.6 Å². The van der Waals surface area contributed by atoms with Gasteiger partial charge in [0.05, 0.1) is 25.7 Å². The molecule has 0 aliphatic heterocycles. The Morgan fingerprint density at radius 3 is 2.86 bits per heavy atom. The number of esters is 1. The van der Waals surface area contributed by atoms with Crippen LogP contribution in [0.1, 0.15) is 19.0 Å². The molecule has 0 N–H and O–H groups in total. The minimum absolute atomic E-state index is 0.187. The molecule has 5 heteroatoms. The number of carbonyl (C=O) groups is 1. The lowest BCUT2D eigenvalue weighted by atomic mass is 10.2. The van der Waals surface area contributed by atoms with Gasteiger partial charge in [0.15, 0.2) is 0 Å². The average Bonchev–Trinajstić information content (AvgIpc) is 2.47. The topological polar surface area (TPSA) is 48.4 Å². The molecule has 0 saturated heterocycles. The summed E-state index contributed by atoms with van der Waals surface area (Å²) < 4.78 is 10.2. The molecule has 0 saturated carbocycles. The maximum Gasteiger partial charge on any atom is 0.306 e. The number of nitrogens with zero attached hydrogens (tertiary/aromatic N) is 1. The van der Waals surface area contributed by atoms with Gasteiger partial charge in [-0.3, -0.25) is 9.78 Å². The molecule has 0 amide bonds. The van der Waals surface area contributed by atoms with Gasteiger partial charge in [0.1, 0.15) is 5.75 Å². The number of hydrogen-bond donors (Lipinski definition) is 0. The number of methoxy groups -OCH3 is 1. The highest BCUT2D eigenvalue weighted by atomic mass is 32.2.